The zero-order chi connectivity index (χ0) is 6.97. The summed E-state index contributed by atoms with van der Waals surface area (Å²) in [5.74, 6) is 0.287. The van der Waals surface area contributed by atoms with Crippen LogP contribution in [0.15, 0.2) is 15.1 Å². The van der Waals surface area contributed by atoms with E-state index in [-0.39, 0.29) is 12.1 Å². The van der Waals surface area contributed by atoms with Crippen LogP contribution in [0.5, 0.6) is 0 Å². The number of rotatable bonds is 0. The van der Waals surface area contributed by atoms with Gasteiger partial charge in [-0.2, -0.15) is 5.10 Å². The van der Waals surface area contributed by atoms with Crippen molar-refractivity contribution in [2.24, 2.45) is 21.0 Å². The second-order valence-corrected chi connectivity index (χ2v) is 2.39. The molecule has 4 heteroatoms. The summed E-state index contributed by atoms with van der Waals surface area (Å²) in [6, 6.07) is 0. The Morgan fingerprint density at radius 2 is 2.30 bits per heavy atom. The van der Waals surface area contributed by atoms with Crippen LogP contribution in [0.4, 0.5) is 0 Å². The average Bonchev–Trinajstić information content (AvgIpc) is 2.34. The minimum atomic E-state index is 0.164. The molecule has 0 aromatic rings. The summed E-state index contributed by atoms with van der Waals surface area (Å²) in [5.41, 5.74) is 0. The molecule has 0 radical (unpaired) electrons. The van der Waals surface area contributed by atoms with E-state index in [9.17, 15) is 0 Å². The fraction of sp³-hybridized carbons (Fsp3) is 0.500. The number of hydrogen-bond donors (Lipinski definition) is 0. The van der Waals surface area contributed by atoms with E-state index in [4.69, 9.17) is 0 Å². The predicted molar refractivity (Wildman–Crippen MR) is 40.5 cm³/mol. The molecular formula is C6H8N4. The molecule has 0 amide bonds. The van der Waals surface area contributed by atoms with Gasteiger partial charge in [-0.1, -0.05) is 0 Å². The van der Waals surface area contributed by atoms with Crippen LogP contribution in [0.25, 0.3) is 0 Å². The van der Waals surface area contributed by atoms with Crippen LogP contribution in [0.2, 0.25) is 0 Å². The van der Waals surface area contributed by atoms with E-state index in [0.29, 0.717) is 0 Å². The molecule has 0 bridgehead atoms. The first kappa shape index (κ1) is 5.58. The molecule has 52 valence electrons. The second-order valence-electron chi connectivity index (χ2n) is 2.39. The fourth-order valence-corrected chi connectivity index (χ4v) is 1.13. The zero-order valence-corrected chi connectivity index (χ0v) is 5.68. The molecule has 4 nitrogen and oxygen atoms in total. The molecular weight excluding hydrogens is 128 g/mol. The van der Waals surface area contributed by atoms with Crippen molar-refractivity contribution in [3.05, 3.63) is 0 Å². The smallest absolute Gasteiger partial charge is 0.151 e. The third-order valence-corrected chi connectivity index (χ3v) is 1.69. The highest BCUT2D eigenvalue weighted by atomic mass is 15.5. The van der Waals surface area contributed by atoms with Crippen LogP contribution in [0.3, 0.4) is 0 Å². The van der Waals surface area contributed by atoms with Crippen molar-refractivity contribution in [3.63, 3.8) is 0 Å². The van der Waals surface area contributed by atoms with Gasteiger partial charge in [-0.25, -0.2) is 9.98 Å². The quantitative estimate of drug-likeness (QED) is 0.461. The lowest BCUT2D eigenvalue weighted by molar-refractivity contribution is 0.277. The van der Waals surface area contributed by atoms with Crippen molar-refractivity contribution in [1.29, 1.82) is 0 Å². The van der Waals surface area contributed by atoms with Crippen molar-refractivity contribution < 1.29 is 0 Å². The molecule has 0 aliphatic carbocycles. The van der Waals surface area contributed by atoms with Gasteiger partial charge >= 0.3 is 0 Å². The molecule has 0 aromatic heterocycles. The Labute approximate surface area is 59.0 Å². The summed E-state index contributed by atoms with van der Waals surface area (Å²) in [5, 5.41) is 5.92. The SMILES string of the molecule is CN1N=CC2C=NC=NC21. The Balaban J connectivity index is 2.26. The molecule has 0 spiro atoms. The number of hydrogen-bond acceptors (Lipinski definition) is 4. The van der Waals surface area contributed by atoms with Gasteiger partial charge in [-0.05, 0) is 0 Å². The Hall–Kier alpha value is -1.19. The molecule has 2 atom stereocenters. The van der Waals surface area contributed by atoms with E-state index in [1.165, 1.54) is 0 Å². The lowest BCUT2D eigenvalue weighted by Gasteiger charge is -2.18. The predicted octanol–water partition coefficient (Wildman–Crippen LogP) is -0.0274. The molecule has 0 N–H and O–H groups in total. The van der Waals surface area contributed by atoms with E-state index in [1.807, 2.05) is 24.5 Å². The van der Waals surface area contributed by atoms with Gasteiger partial charge in [0, 0.05) is 19.5 Å². The molecule has 0 aromatic carbocycles. The van der Waals surface area contributed by atoms with Gasteiger partial charge in [0.25, 0.3) is 0 Å². The molecule has 2 unspecified atom stereocenters. The zero-order valence-electron chi connectivity index (χ0n) is 5.68. The van der Waals surface area contributed by atoms with Gasteiger partial charge < -0.3 is 0 Å². The van der Waals surface area contributed by atoms with E-state index in [0.717, 1.165) is 0 Å². The first-order chi connectivity index (χ1) is 4.88. The summed E-state index contributed by atoms with van der Waals surface area (Å²) in [6.07, 6.45) is 5.47. The van der Waals surface area contributed by atoms with Crippen molar-refractivity contribution in [3.8, 4) is 0 Å². The van der Waals surface area contributed by atoms with Gasteiger partial charge in [0.15, 0.2) is 6.17 Å². The van der Waals surface area contributed by atoms with E-state index >= 15 is 0 Å². The molecule has 0 fully saturated rings. The molecule has 0 saturated heterocycles. The van der Waals surface area contributed by atoms with Crippen molar-refractivity contribution in [2.45, 2.75) is 6.17 Å². The maximum absolute atomic E-state index is 4.15. The van der Waals surface area contributed by atoms with Crippen LogP contribution in [-0.4, -0.2) is 37.0 Å². The van der Waals surface area contributed by atoms with Crippen LogP contribution in [-0.2, 0) is 0 Å². The Morgan fingerprint density at radius 3 is 3.10 bits per heavy atom. The maximum Gasteiger partial charge on any atom is 0.151 e. The van der Waals surface area contributed by atoms with Gasteiger partial charge in [0.05, 0.1) is 5.92 Å². The number of fused-ring (bicyclic) bond motifs is 1. The molecule has 2 heterocycles. The molecule has 2 aliphatic heterocycles. The molecule has 2 aliphatic rings. The minimum Gasteiger partial charge on any atom is -0.275 e. The van der Waals surface area contributed by atoms with E-state index in [1.54, 1.807) is 6.34 Å². The number of nitrogens with zero attached hydrogens (tertiary/aromatic N) is 4. The number of aliphatic imine (C=N–C) groups is 2. The highest BCUT2D eigenvalue weighted by Gasteiger charge is 2.27. The Morgan fingerprint density at radius 1 is 1.40 bits per heavy atom. The summed E-state index contributed by atoms with van der Waals surface area (Å²) < 4.78 is 0. The van der Waals surface area contributed by atoms with Crippen LogP contribution >= 0.6 is 0 Å². The number of hydrazone groups is 1. The summed E-state index contributed by atoms with van der Waals surface area (Å²) in [4.78, 5) is 8.07. The minimum absolute atomic E-state index is 0.164. The summed E-state index contributed by atoms with van der Waals surface area (Å²) in [7, 11) is 1.91. The average molecular weight is 136 g/mol. The van der Waals surface area contributed by atoms with E-state index in [2.05, 4.69) is 15.1 Å². The Bertz CT molecular complexity index is 218. The van der Waals surface area contributed by atoms with Crippen LogP contribution in [0.1, 0.15) is 0 Å². The first-order valence-corrected chi connectivity index (χ1v) is 3.20. The lowest BCUT2D eigenvalue weighted by atomic mass is 10.1. The second kappa shape index (κ2) is 1.90. The molecule has 10 heavy (non-hydrogen) atoms. The summed E-state index contributed by atoms with van der Waals surface area (Å²) in [6.45, 7) is 0. The van der Waals surface area contributed by atoms with Gasteiger partial charge in [-0.3, -0.25) is 5.01 Å². The highest BCUT2D eigenvalue weighted by Crippen LogP contribution is 2.16. The summed E-state index contributed by atoms with van der Waals surface area (Å²) >= 11 is 0. The third-order valence-electron chi connectivity index (χ3n) is 1.69. The molecule has 2 rings (SSSR count). The fourth-order valence-electron chi connectivity index (χ4n) is 1.13. The van der Waals surface area contributed by atoms with Crippen LogP contribution in [0, 0.1) is 5.92 Å². The van der Waals surface area contributed by atoms with Crippen molar-refractivity contribution in [2.75, 3.05) is 7.05 Å². The maximum atomic E-state index is 4.15. The van der Waals surface area contributed by atoms with Gasteiger partial charge in [0.2, 0.25) is 0 Å². The monoisotopic (exact) mass is 136 g/mol. The van der Waals surface area contributed by atoms with Crippen LogP contribution < -0.4 is 0 Å². The van der Waals surface area contributed by atoms with Gasteiger partial charge in [0.1, 0.15) is 6.34 Å². The van der Waals surface area contributed by atoms with Gasteiger partial charge in [-0.15, -0.1) is 0 Å². The van der Waals surface area contributed by atoms with E-state index < -0.39 is 0 Å². The van der Waals surface area contributed by atoms with Crippen molar-refractivity contribution >= 4 is 18.8 Å². The standard InChI is InChI=1S/C6H8N4/c1-10-6-5(3-9-10)2-7-4-8-6/h2-6H,1H3. The highest BCUT2D eigenvalue weighted by molar-refractivity contribution is 5.90. The normalized spacial score (nSPS) is 35.1. The first-order valence-electron chi connectivity index (χ1n) is 3.20. The lowest BCUT2D eigenvalue weighted by Crippen LogP contribution is -2.29. The third kappa shape index (κ3) is 0.650. The Kier molecular flexibility index (Phi) is 1.06. The molecule has 0 saturated carbocycles. The largest absolute Gasteiger partial charge is 0.275 e. The van der Waals surface area contributed by atoms with Crippen molar-refractivity contribution in [1.82, 2.24) is 5.01 Å². The topological polar surface area (TPSA) is 40.3 Å².